The van der Waals surface area contributed by atoms with E-state index in [1.165, 1.54) is 13.1 Å². The number of fused-ring (bicyclic) bond motifs is 1. The van der Waals surface area contributed by atoms with Gasteiger partial charge in [-0.3, -0.25) is 9.78 Å². The van der Waals surface area contributed by atoms with Gasteiger partial charge in [0.1, 0.15) is 4.90 Å². The molecule has 0 spiro atoms. The summed E-state index contributed by atoms with van der Waals surface area (Å²) < 4.78 is 27.2. The zero-order valence-electron chi connectivity index (χ0n) is 15.9. The second kappa shape index (κ2) is 8.50. The number of rotatable bonds is 7. The van der Waals surface area contributed by atoms with Crippen LogP contribution in [0.25, 0.3) is 10.9 Å². The number of aromatic nitrogens is 1. The molecule has 146 valence electrons. The minimum absolute atomic E-state index is 0.104. The lowest BCUT2D eigenvalue weighted by atomic mass is 10.2. The van der Waals surface area contributed by atoms with Crippen LogP contribution in [0.5, 0.6) is 0 Å². The molecule has 1 aromatic heterocycles. The van der Waals surface area contributed by atoms with Crippen molar-refractivity contribution in [2.45, 2.75) is 18.4 Å². The summed E-state index contributed by atoms with van der Waals surface area (Å²) in [6, 6.07) is 18.2. The number of hydrogen-bond acceptors (Lipinski definition) is 4. The van der Waals surface area contributed by atoms with Crippen LogP contribution in [0.4, 0.5) is 0 Å². The summed E-state index contributed by atoms with van der Waals surface area (Å²) in [5, 5.41) is 0.738. The third-order valence-electron chi connectivity index (χ3n) is 4.59. The molecule has 7 heteroatoms. The molecule has 0 aliphatic carbocycles. The monoisotopic (exact) mass is 397 g/mol. The third kappa shape index (κ3) is 4.21. The van der Waals surface area contributed by atoms with E-state index >= 15 is 0 Å². The van der Waals surface area contributed by atoms with Gasteiger partial charge in [0.15, 0.2) is 0 Å². The molecule has 0 atom stereocenters. The fourth-order valence-corrected chi connectivity index (χ4v) is 4.29. The molecule has 3 rings (SSSR count). The molecule has 6 nitrogen and oxygen atoms in total. The van der Waals surface area contributed by atoms with E-state index in [2.05, 4.69) is 4.98 Å². The highest BCUT2D eigenvalue weighted by Gasteiger charge is 2.27. The van der Waals surface area contributed by atoms with E-state index < -0.39 is 10.0 Å². The number of benzene rings is 2. The lowest BCUT2D eigenvalue weighted by molar-refractivity contribution is -0.131. The first-order valence-electron chi connectivity index (χ1n) is 9.05. The standard InChI is InChI=1S/C21H23N3O3S/c1-3-24(15-17-9-5-4-6-10-17)20(25)16-23(2)28(26,27)19-13-7-11-18-12-8-14-22-21(18)19/h4-14H,3,15-16H2,1-2H3. The van der Waals surface area contributed by atoms with Gasteiger partial charge in [0, 0.05) is 31.7 Å². The molecule has 0 fully saturated rings. The van der Waals surface area contributed by atoms with Gasteiger partial charge >= 0.3 is 0 Å². The normalized spacial score (nSPS) is 11.7. The van der Waals surface area contributed by atoms with Crippen LogP contribution >= 0.6 is 0 Å². The van der Waals surface area contributed by atoms with Crippen LogP contribution in [0.15, 0.2) is 71.8 Å². The highest BCUT2D eigenvalue weighted by molar-refractivity contribution is 7.89. The summed E-state index contributed by atoms with van der Waals surface area (Å²) in [6.45, 7) is 2.59. The summed E-state index contributed by atoms with van der Waals surface area (Å²) in [7, 11) is -2.43. The van der Waals surface area contributed by atoms with Gasteiger partial charge in [-0.25, -0.2) is 8.42 Å². The molecule has 3 aromatic rings. The first kappa shape index (κ1) is 20.0. The second-order valence-corrected chi connectivity index (χ2v) is 8.50. The fraction of sp³-hybridized carbons (Fsp3) is 0.238. The van der Waals surface area contributed by atoms with Crippen LogP contribution in [0.3, 0.4) is 0 Å². The first-order valence-corrected chi connectivity index (χ1v) is 10.5. The van der Waals surface area contributed by atoms with E-state index in [4.69, 9.17) is 0 Å². The maximum absolute atomic E-state index is 13.1. The average molecular weight is 398 g/mol. The zero-order chi connectivity index (χ0) is 20.1. The van der Waals surface area contributed by atoms with Crippen molar-refractivity contribution >= 4 is 26.8 Å². The highest BCUT2D eigenvalue weighted by atomic mass is 32.2. The lowest BCUT2D eigenvalue weighted by Gasteiger charge is -2.24. The summed E-state index contributed by atoms with van der Waals surface area (Å²) >= 11 is 0. The van der Waals surface area contributed by atoms with Gasteiger partial charge < -0.3 is 4.90 Å². The Morgan fingerprint density at radius 2 is 1.71 bits per heavy atom. The van der Waals surface area contributed by atoms with Gasteiger partial charge in [0.25, 0.3) is 0 Å². The second-order valence-electron chi connectivity index (χ2n) is 6.49. The summed E-state index contributed by atoms with van der Waals surface area (Å²) in [4.78, 5) is 18.7. The molecule has 0 radical (unpaired) electrons. The van der Waals surface area contributed by atoms with E-state index in [1.807, 2.05) is 49.4 Å². The summed E-state index contributed by atoms with van der Waals surface area (Å²) in [5.74, 6) is -0.245. The number of amides is 1. The topological polar surface area (TPSA) is 70.6 Å². The number of carbonyl (C=O) groups is 1. The SMILES string of the molecule is CCN(Cc1ccccc1)C(=O)CN(C)S(=O)(=O)c1cccc2cccnc12. The van der Waals surface area contributed by atoms with Crippen LogP contribution in [0.1, 0.15) is 12.5 Å². The number of para-hydroxylation sites is 1. The molecule has 0 aliphatic rings. The Hall–Kier alpha value is -2.77. The van der Waals surface area contributed by atoms with E-state index in [0.29, 0.717) is 18.6 Å². The average Bonchev–Trinajstić information content (AvgIpc) is 2.72. The quantitative estimate of drug-likeness (QED) is 0.615. The minimum Gasteiger partial charge on any atom is -0.338 e. The number of likely N-dealkylation sites (N-methyl/N-ethyl adjacent to an activating group) is 2. The van der Waals surface area contributed by atoms with E-state index in [0.717, 1.165) is 15.3 Å². The van der Waals surface area contributed by atoms with Crippen molar-refractivity contribution < 1.29 is 13.2 Å². The number of carbonyl (C=O) groups excluding carboxylic acids is 1. The molecule has 0 saturated carbocycles. The maximum atomic E-state index is 13.1. The Labute approximate surface area is 165 Å². The zero-order valence-corrected chi connectivity index (χ0v) is 16.8. The Kier molecular flexibility index (Phi) is 6.06. The largest absolute Gasteiger partial charge is 0.338 e. The lowest BCUT2D eigenvalue weighted by Crippen LogP contribution is -2.40. The molecule has 0 unspecified atom stereocenters. The molecule has 0 saturated heterocycles. The van der Waals surface area contributed by atoms with Crippen LogP contribution in [-0.2, 0) is 21.4 Å². The molecular weight excluding hydrogens is 374 g/mol. The van der Waals surface area contributed by atoms with Crippen molar-refractivity contribution in [2.75, 3.05) is 20.1 Å². The molecule has 28 heavy (non-hydrogen) atoms. The van der Waals surface area contributed by atoms with Gasteiger partial charge in [-0.1, -0.05) is 48.5 Å². The molecule has 1 heterocycles. The number of pyridine rings is 1. The van der Waals surface area contributed by atoms with E-state index in [1.54, 1.807) is 23.2 Å². The van der Waals surface area contributed by atoms with Gasteiger partial charge in [-0.15, -0.1) is 0 Å². The molecule has 0 aliphatic heterocycles. The number of sulfonamides is 1. The van der Waals surface area contributed by atoms with Crippen molar-refractivity contribution in [3.8, 4) is 0 Å². The van der Waals surface area contributed by atoms with Gasteiger partial charge in [-0.2, -0.15) is 4.31 Å². The van der Waals surface area contributed by atoms with Crippen LogP contribution in [0, 0.1) is 0 Å². The minimum atomic E-state index is -3.85. The van der Waals surface area contributed by atoms with Gasteiger partial charge in [0.2, 0.25) is 15.9 Å². The Balaban J connectivity index is 1.80. The van der Waals surface area contributed by atoms with Crippen LogP contribution in [-0.4, -0.2) is 48.7 Å². The highest BCUT2D eigenvalue weighted by Crippen LogP contribution is 2.23. The molecule has 0 bridgehead atoms. The predicted molar refractivity (Wildman–Crippen MR) is 109 cm³/mol. The first-order chi connectivity index (χ1) is 13.4. The smallest absolute Gasteiger partial charge is 0.245 e. The summed E-state index contributed by atoms with van der Waals surface area (Å²) in [6.07, 6.45) is 1.56. The van der Waals surface area contributed by atoms with Crippen molar-refractivity contribution in [1.82, 2.24) is 14.2 Å². The van der Waals surface area contributed by atoms with E-state index in [9.17, 15) is 13.2 Å². The van der Waals surface area contributed by atoms with Crippen LogP contribution < -0.4 is 0 Å². The molecule has 2 aromatic carbocycles. The Morgan fingerprint density at radius 1 is 1.00 bits per heavy atom. The van der Waals surface area contributed by atoms with E-state index in [-0.39, 0.29) is 17.3 Å². The Morgan fingerprint density at radius 3 is 2.43 bits per heavy atom. The fourth-order valence-electron chi connectivity index (χ4n) is 3.01. The third-order valence-corrected chi connectivity index (χ3v) is 6.43. The predicted octanol–water partition coefficient (Wildman–Crippen LogP) is 2.90. The van der Waals surface area contributed by atoms with Crippen molar-refractivity contribution in [3.05, 3.63) is 72.4 Å². The molecule has 0 N–H and O–H groups in total. The van der Waals surface area contributed by atoms with Crippen LogP contribution in [0.2, 0.25) is 0 Å². The van der Waals surface area contributed by atoms with Gasteiger partial charge in [0.05, 0.1) is 12.1 Å². The van der Waals surface area contributed by atoms with Crippen molar-refractivity contribution in [2.24, 2.45) is 0 Å². The Bertz CT molecular complexity index is 1060. The summed E-state index contributed by atoms with van der Waals surface area (Å²) in [5.41, 5.74) is 1.40. The molecular formula is C21H23N3O3S. The molecule has 1 amide bonds. The number of nitrogens with zero attached hydrogens (tertiary/aromatic N) is 3. The van der Waals surface area contributed by atoms with Crippen molar-refractivity contribution in [3.63, 3.8) is 0 Å². The number of hydrogen-bond donors (Lipinski definition) is 0. The van der Waals surface area contributed by atoms with Gasteiger partial charge in [-0.05, 0) is 24.6 Å². The van der Waals surface area contributed by atoms with Crippen molar-refractivity contribution in [1.29, 1.82) is 0 Å². The maximum Gasteiger partial charge on any atom is 0.245 e.